The van der Waals surface area contributed by atoms with E-state index in [1.807, 2.05) is 0 Å². The molecule has 82 valence electrons. The standard InChI is InChI=1S/C12H17BrN2/c1-8-2-5-10(7-11(8)13)12(15-14)6-9-3-4-9/h2,5,7,9,12,15H,3-4,6,14H2,1H3. The monoisotopic (exact) mass is 268 g/mol. The van der Waals surface area contributed by atoms with Crippen LogP contribution in [0, 0.1) is 12.8 Å². The van der Waals surface area contributed by atoms with Crippen LogP contribution in [0.3, 0.4) is 0 Å². The molecular weight excluding hydrogens is 252 g/mol. The van der Waals surface area contributed by atoms with Crippen molar-refractivity contribution in [3.8, 4) is 0 Å². The van der Waals surface area contributed by atoms with Crippen molar-refractivity contribution < 1.29 is 0 Å². The van der Waals surface area contributed by atoms with Gasteiger partial charge in [-0.1, -0.05) is 40.9 Å². The molecule has 1 aliphatic carbocycles. The number of aryl methyl sites for hydroxylation is 1. The lowest BCUT2D eigenvalue weighted by Gasteiger charge is -2.16. The van der Waals surface area contributed by atoms with Gasteiger partial charge in [-0.05, 0) is 36.5 Å². The molecule has 0 aromatic heterocycles. The van der Waals surface area contributed by atoms with Crippen molar-refractivity contribution in [2.45, 2.75) is 32.2 Å². The maximum absolute atomic E-state index is 5.60. The number of hydrogen-bond acceptors (Lipinski definition) is 2. The molecule has 2 rings (SSSR count). The molecule has 3 heteroatoms. The number of nitrogens with two attached hydrogens (primary N) is 1. The van der Waals surface area contributed by atoms with Crippen molar-refractivity contribution in [1.29, 1.82) is 0 Å². The second-order valence-corrected chi connectivity index (χ2v) is 5.26. The fourth-order valence-electron chi connectivity index (χ4n) is 1.81. The van der Waals surface area contributed by atoms with Gasteiger partial charge >= 0.3 is 0 Å². The quantitative estimate of drug-likeness (QED) is 0.651. The highest BCUT2D eigenvalue weighted by molar-refractivity contribution is 9.10. The summed E-state index contributed by atoms with van der Waals surface area (Å²) in [6.07, 6.45) is 3.89. The van der Waals surface area contributed by atoms with E-state index in [0.717, 1.165) is 16.8 Å². The Morgan fingerprint density at radius 2 is 2.27 bits per heavy atom. The molecule has 2 nitrogen and oxygen atoms in total. The molecule has 0 bridgehead atoms. The van der Waals surface area contributed by atoms with Crippen LogP contribution in [-0.4, -0.2) is 0 Å². The first kappa shape index (κ1) is 11.1. The van der Waals surface area contributed by atoms with E-state index in [0.29, 0.717) is 6.04 Å². The van der Waals surface area contributed by atoms with Crippen molar-refractivity contribution in [2.75, 3.05) is 0 Å². The third kappa shape index (κ3) is 2.80. The summed E-state index contributed by atoms with van der Waals surface area (Å²) in [6, 6.07) is 6.76. The lowest BCUT2D eigenvalue weighted by atomic mass is 10.0. The number of hydrazine groups is 1. The van der Waals surface area contributed by atoms with Crippen molar-refractivity contribution >= 4 is 15.9 Å². The topological polar surface area (TPSA) is 38.0 Å². The first-order chi connectivity index (χ1) is 7.20. The van der Waals surface area contributed by atoms with Crippen LogP contribution in [0.15, 0.2) is 22.7 Å². The molecular formula is C12H17BrN2. The first-order valence-corrected chi connectivity index (χ1v) is 6.22. The number of halogens is 1. The summed E-state index contributed by atoms with van der Waals surface area (Å²) < 4.78 is 1.16. The summed E-state index contributed by atoms with van der Waals surface area (Å²) in [4.78, 5) is 0. The van der Waals surface area contributed by atoms with E-state index in [2.05, 4.69) is 46.5 Å². The van der Waals surface area contributed by atoms with Crippen LogP contribution >= 0.6 is 15.9 Å². The largest absolute Gasteiger partial charge is 0.271 e. The second-order valence-electron chi connectivity index (χ2n) is 4.41. The maximum Gasteiger partial charge on any atom is 0.0463 e. The van der Waals surface area contributed by atoms with E-state index in [1.165, 1.54) is 24.0 Å². The Morgan fingerprint density at radius 3 is 2.80 bits per heavy atom. The molecule has 1 aromatic carbocycles. The zero-order valence-corrected chi connectivity index (χ0v) is 10.5. The van der Waals surface area contributed by atoms with Gasteiger partial charge in [0.2, 0.25) is 0 Å². The van der Waals surface area contributed by atoms with E-state index in [9.17, 15) is 0 Å². The predicted molar refractivity (Wildman–Crippen MR) is 66.3 cm³/mol. The van der Waals surface area contributed by atoms with Crippen LogP contribution in [0.5, 0.6) is 0 Å². The molecule has 1 atom stereocenters. The molecule has 0 amide bonds. The third-order valence-corrected chi connectivity index (χ3v) is 3.92. The Bertz CT molecular complexity index is 347. The minimum atomic E-state index is 0.300. The van der Waals surface area contributed by atoms with Crippen LogP contribution in [0.1, 0.15) is 36.4 Å². The van der Waals surface area contributed by atoms with Gasteiger partial charge in [-0.25, -0.2) is 0 Å². The molecule has 0 spiro atoms. The predicted octanol–water partition coefficient (Wildman–Crippen LogP) is 3.06. The highest BCUT2D eigenvalue weighted by Gasteiger charge is 2.25. The van der Waals surface area contributed by atoms with E-state index >= 15 is 0 Å². The highest BCUT2D eigenvalue weighted by atomic mass is 79.9. The molecule has 15 heavy (non-hydrogen) atoms. The fraction of sp³-hybridized carbons (Fsp3) is 0.500. The van der Waals surface area contributed by atoms with E-state index < -0.39 is 0 Å². The highest BCUT2D eigenvalue weighted by Crippen LogP contribution is 2.37. The van der Waals surface area contributed by atoms with Gasteiger partial charge in [0, 0.05) is 10.5 Å². The molecule has 1 saturated carbocycles. The fourth-order valence-corrected chi connectivity index (χ4v) is 2.21. The van der Waals surface area contributed by atoms with Gasteiger partial charge in [-0.3, -0.25) is 11.3 Å². The maximum atomic E-state index is 5.60. The lowest BCUT2D eigenvalue weighted by molar-refractivity contribution is 0.487. The molecule has 0 heterocycles. The zero-order chi connectivity index (χ0) is 10.8. The summed E-state index contributed by atoms with van der Waals surface area (Å²) in [5.41, 5.74) is 5.46. The van der Waals surface area contributed by atoms with Crippen LogP contribution in [0.25, 0.3) is 0 Å². The number of rotatable bonds is 4. The van der Waals surface area contributed by atoms with Crippen molar-refractivity contribution in [2.24, 2.45) is 11.8 Å². The summed E-state index contributed by atoms with van der Waals surface area (Å²) in [5.74, 6) is 6.48. The van der Waals surface area contributed by atoms with Gasteiger partial charge in [-0.15, -0.1) is 0 Å². The summed E-state index contributed by atoms with van der Waals surface area (Å²) in [6.45, 7) is 2.10. The van der Waals surface area contributed by atoms with E-state index in [1.54, 1.807) is 0 Å². The minimum Gasteiger partial charge on any atom is -0.271 e. The van der Waals surface area contributed by atoms with Gasteiger partial charge in [0.05, 0.1) is 0 Å². The molecule has 1 fully saturated rings. The van der Waals surface area contributed by atoms with Gasteiger partial charge in [0.1, 0.15) is 0 Å². The van der Waals surface area contributed by atoms with Gasteiger partial charge in [0.25, 0.3) is 0 Å². The Balaban J connectivity index is 2.13. The molecule has 1 unspecified atom stereocenters. The molecule has 0 saturated heterocycles. The Kier molecular flexibility index (Phi) is 3.44. The number of benzene rings is 1. The van der Waals surface area contributed by atoms with E-state index in [4.69, 9.17) is 5.84 Å². The first-order valence-electron chi connectivity index (χ1n) is 5.43. The second kappa shape index (κ2) is 4.64. The average molecular weight is 269 g/mol. The SMILES string of the molecule is Cc1ccc(C(CC2CC2)NN)cc1Br. The smallest absolute Gasteiger partial charge is 0.0463 e. The number of nitrogens with one attached hydrogen (secondary N) is 1. The van der Waals surface area contributed by atoms with Gasteiger partial charge < -0.3 is 0 Å². The van der Waals surface area contributed by atoms with Crippen LogP contribution in [0.2, 0.25) is 0 Å². The lowest BCUT2D eigenvalue weighted by Crippen LogP contribution is -2.28. The van der Waals surface area contributed by atoms with Gasteiger partial charge in [-0.2, -0.15) is 0 Å². The van der Waals surface area contributed by atoms with Crippen LogP contribution < -0.4 is 11.3 Å². The summed E-state index contributed by atoms with van der Waals surface area (Å²) in [5, 5.41) is 0. The molecule has 1 aliphatic rings. The zero-order valence-electron chi connectivity index (χ0n) is 8.96. The molecule has 0 radical (unpaired) electrons. The van der Waals surface area contributed by atoms with E-state index in [-0.39, 0.29) is 0 Å². The average Bonchev–Trinajstić information content (AvgIpc) is 3.02. The Morgan fingerprint density at radius 1 is 1.53 bits per heavy atom. The van der Waals surface area contributed by atoms with Crippen LogP contribution in [0.4, 0.5) is 0 Å². The van der Waals surface area contributed by atoms with Crippen molar-refractivity contribution in [3.05, 3.63) is 33.8 Å². The third-order valence-electron chi connectivity index (χ3n) is 3.07. The summed E-state index contributed by atoms with van der Waals surface area (Å²) in [7, 11) is 0. The Labute approximate surface area is 99.3 Å². The van der Waals surface area contributed by atoms with Crippen molar-refractivity contribution in [3.63, 3.8) is 0 Å². The van der Waals surface area contributed by atoms with Gasteiger partial charge in [0.15, 0.2) is 0 Å². The van der Waals surface area contributed by atoms with Crippen molar-refractivity contribution in [1.82, 2.24) is 5.43 Å². The normalized spacial score (nSPS) is 17.8. The summed E-state index contributed by atoms with van der Waals surface area (Å²) >= 11 is 3.56. The molecule has 3 N–H and O–H groups in total. The van der Waals surface area contributed by atoms with Crippen LogP contribution in [-0.2, 0) is 0 Å². The molecule has 0 aliphatic heterocycles. The minimum absolute atomic E-state index is 0.300. The Hall–Kier alpha value is -0.380. The number of hydrogen-bond donors (Lipinski definition) is 2. The molecule has 1 aromatic rings.